The second kappa shape index (κ2) is 6.85. The van der Waals surface area contributed by atoms with E-state index >= 15 is 0 Å². The standard InChI is InChI=1S/C15H20F3NS/c1-2-3-8-20-14-7-4-11(10-19-12-5-6-12)9-13(14)15(16,17)18/h4,7,9,12,19H,2-3,5-6,8,10H2,1H3. The summed E-state index contributed by atoms with van der Waals surface area (Å²) in [5, 5.41) is 3.25. The summed E-state index contributed by atoms with van der Waals surface area (Å²) in [6.45, 7) is 2.56. The van der Waals surface area contributed by atoms with Crippen molar-refractivity contribution in [2.75, 3.05) is 5.75 Å². The van der Waals surface area contributed by atoms with Crippen LogP contribution in [0.25, 0.3) is 0 Å². The molecule has 0 bridgehead atoms. The number of rotatable bonds is 7. The van der Waals surface area contributed by atoms with Gasteiger partial charge < -0.3 is 5.32 Å². The van der Waals surface area contributed by atoms with E-state index in [1.807, 2.05) is 6.92 Å². The lowest BCUT2D eigenvalue weighted by atomic mass is 10.1. The van der Waals surface area contributed by atoms with Gasteiger partial charge in [0.2, 0.25) is 0 Å². The average Bonchev–Trinajstić information content (AvgIpc) is 3.20. The summed E-state index contributed by atoms with van der Waals surface area (Å²) in [5.41, 5.74) is 0.220. The zero-order valence-electron chi connectivity index (χ0n) is 11.6. The lowest BCUT2D eigenvalue weighted by molar-refractivity contribution is -0.139. The number of hydrogen-bond acceptors (Lipinski definition) is 2. The molecular weight excluding hydrogens is 283 g/mol. The third-order valence-corrected chi connectivity index (χ3v) is 4.44. The van der Waals surface area contributed by atoms with Gasteiger partial charge in [-0.25, -0.2) is 0 Å². The minimum Gasteiger partial charge on any atom is -0.310 e. The monoisotopic (exact) mass is 303 g/mol. The highest BCUT2D eigenvalue weighted by molar-refractivity contribution is 7.99. The fourth-order valence-electron chi connectivity index (χ4n) is 1.91. The van der Waals surface area contributed by atoms with E-state index in [0.29, 0.717) is 23.0 Å². The molecule has 1 fully saturated rings. The van der Waals surface area contributed by atoms with Crippen LogP contribution in [-0.4, -0.2) is 11.8 Å². The van der Waals surface area contributed by atoms with Gasteiger partial charge in [0.25, 0.3) is 0 Å². The Kier molecular flexibility index (Phi) is 5.38. The molecule has 1 N–H and O–H groups in total. The van der Waals surface area contributed by atoms with Crippen LogP contribution in [0, 0.1) is 0 Å². The molecule has 0 unspecified atom stereocenters. The highest BCUT2D eigenvalue weighted by atomic mass is 32.2. The largest absolute Gasteiger partial charge is 0.417 e. The second-order valence-corrected chi connectivity index (χ2v) is 6.32. The van der Waals surface area contributed by atoms with Crippen molar-refractivity contribution >= 4 is 11.8 Å². The Bertz CT molecular complexity index is 441. The van der Waals surface area contributed by atoms with E-state index in [0.717, 1.165) is 31.4 Å². The predicted octanol–water partition coefficient (Wildman–Crippen LogP) is 4.85. The summed E-state index contributed by atoms with van der Waals surface area (Å²) in [5.74, 6) is 0.735. The number of halogens is 3. The highest BCUT2D eigenvalue weighted by Crippen LogP contribution is 2.37. The minimum atomic E-state index is -4.27. The second-order valence-electron chi connectivity index (χ2n) is 5.19. The Hall–Kier alpha value is -0.680. The van der Waals surface area contributed by atoms with Crippen LogP contribution in [0.15, 0.2) is 23.1 Å². The summed E-state index contributed by atoms with van der Waals surface area (Å²) >= 11 is 1.30. The molecule has 1 nitrogen and oxygen atoms in total. The first-order valence-electron chi connectivity index (χ1n) is 7.07. The Morgan fingerprint density at radius 3 is 2.65 bits per heavy atom. The van der Waals surface area contributed by atoms with Crippen LogP contribution in [0.5, 0.6) is 0 Å². The summed E-state index contributed by atoms with van der Waals surface area (Å²) in [4.78, 5) is 0.348. The number of hydrogen-bond donors (Lipinski definition) is 1. The minimum absolute atomic E-state index is 0.348. The van der Waals surface area contributed by atoms with Gasteiger partial charge in [-0.3, -0.25) is 0 Å². The van der Waals surface area contributed by atoms with Crippen LogP contribution in [0.2, 0.25) is 0 Å². The molecule has 0 spiro atoms. The zero-order valence-corrected chi connectivity index (χ0v) is 12.4. The van der Waals surface area contributed by atoms with Crippen molar-refractivity contribution in [3.63, 3.8) is 0 Å². The molecule has 0 radical (unpaired) electrons. The molecular formula is C15H20F3NS. The van der Waals surface area contributed by atoms with Gasteiger partial charge in [-0.15, -0.1) is 11.8 Å². The van der Waals surface area contributed by atoms with E-state index in [-0.39, 0.29) is 0 Å². The van der Waals surface area contributed by atoms with E-state index in [9.17, 15) is 13.2 Å². The zero-order chi connectivity index (χ0) is 14.6. The molecule has 1 aromatic rings. The number of thioether (sulfide) groups is 1. The van der Waals surface area contributed by atoms with Crippen molar-refractivity contribution in [2.45, 2.75) is 56.3 Å². The molecule has 1 aliphatic carbocycles. The third kappa shape index (κ3) is 4.70. The first kappa shape index (κ1) is 15.7. The summed E-state index contributed by atoms with van der Waals surface area (Å²) < 4.78 is 39.3. The predicted molar refractivity (Wildman–Crippen MR) is 76.9 cm³/mol. The van der Waals surface area contributed by atoms with Crippen LogP contribution in [0.1, 0.15) is 43.7 Å². The van der Waals surface area contributed by atoms with Gasteiger partial charge in [-0.05, 0) is 42.7 Å². The van der Waals surface area contributed by atoms with E-state index in [4.69, 9.17) is 0 Å². The third-order valence-electron chi connectivity index (χ3n) is 3.28. The smallest absolute Gasteiger partial charge is 0.310 e. The van der Waals surface area contributed by atoms with Gasteiger partial charge >= 0.3 is 6.18 Å². The number of nitrogens with one attached hydrogen (secondary N) is 1. The maximum absolute atomic E-state index is 13.1. The van der Waals surface area contributed by atoms with Gasteiger partial charge in [0.1, 0.15) is 0 Å². The quantitative estimate of drug-likeness (QED) is 0.571. The van der Waals surface area contributed by atoms with Gasteiger partial charge in [0, 0.05) is 17.5 Å². The Labute approximate surface area is 122 Å². The lowest BCUT2D eigenvalue weighted by Crippen LogP contribution is -2.16. The molecule has 20 heavy (non-hydrogen) atoms. The van der Waals surface area contributed by atoms with Crippen molar-refractivity contribution in [3.05, 3.63) is 29.3 Å². The molecule has 0 amide bonds. The van der Waals surface area contributed by atoms with Crippen LogP contribution in [0.3, 0.4) is 0 Å². The number of alkyl halides is 3. The summed E-state index contributed by atoms with van der Waals surface area (Å²) in [7, 11) is 0. The van der Waals surface area contributed by atoms with E-state index in [1.54, 1.807) is 12.1 Å². The van der Waals surface area contributed by atoms with Crippen LogP contribution < -0.4 is 5.32 Å². The number of benzene rings is 1. The summed E-state index contributed by atoms with van der Waals surface area (Å²) in [6, 6.07) is 5.22. The van der Waals surface area contributed by atoms with E-state index in [1.165, 1.54) is 17.8 Å². The fourth-order valence-corrected chi connectivity index (χ4v) is 3.06. The molecule has 1 aromatic carbocycles. The molecule has 1 aliphatic rings. The Morgan fingerprint density at radius 1 is 1.30 bits per heavy atom. The first-order valence-corrected chi connectivity index (χ1v) is 8.05. The molecule has 2 rings (SSSR count). The van der Waals surface area contributed by atoms with Gasteiger partial charge in [-0.2, -0.15) is 13.2 Å². The highest BCUT2D eigenvalue weighted by Gasteiger charge is 2.33. The average molecular weight is 303 g/mol. The molecule has 0 heterocycles. The van der Waals surface area contributed by atoms with Crippen molar-refractivity contribution < 1.29 is 13.2 Å². The van der Waals surface area contributed by atoms with Crippen molar-refractivity contribution in [1.82, 2.24) is 5.32 Å². The topological polar surface area (TPSA) is 12.0 Å². The van der Waals surface area contributed by atoms with Crippen LogP contribution in [0.4, 0.5) is 13.2 Å². The Morgan fingerprint density at radius 2 is 2.05 bits per heavy atom. The van der Waals surface area contributed by atoms with E-state index in [2.05, 4.69) is 5.32 Å². The summed E-state index contributed by atoms with van der Waals surface area (Å²) in [6.07, 6.45) is -0.0665. The molecule has 0 aromatic heterocycles. The first-order chi connectivity index (χ1) is 9.50. The lowest BCUT2D eigenvalue weighted by Gasteiger charge is -2.14. The SMILES string of the molecule is CCCCSc1ccc(CNC2CC2)cc1C(F)(F)F. The van der Waals surface area contributed by atoms with Crippen molar-refractivity contribution in [1.29, 1.82) is 0 Å². The van der Waals surface area contributed by atoms with Crippen LogP contribution in [-0.2, 0) is 12.7 Å². The van der Waals surface area contributed by atoms with Crippen LogP contribution >= 0.6 is 11.8 Å². The Balaban J connectivity index is 2.09. The molecule has 1 saturated carbocycles. The van der Waals surface area contributed by atoms with Gasteiger partial charge in [-0.1, -0.05) is 19.4 Å². The van der Waals surface area contributed by atoms with Crippen molar-refractivity contribution in [3.8, 4) is 0 Å². The van der Waals surface area contributed by atoms with Gasteiger partial charge in [0.05, 0.1) is 5.56 Å². The molecule has 5 heteroatoms. The molecule has 112 valence electrons. The molecule has 0 atom stereocenters. The molecule has 0 saturated heterocycles. The van der Waals surface area contributed by atoms with Crippen molar-refractivity contribution in [2.24, 2.45) is 0 Å². The molecule has 0 aliphatic heterocycles. The van der Waals surface area contributed by atoms with Gasteiger partial charge in [0.15, 0.2) is 0 Å². The van der Waals surface area contributed by atoms with E-state index < -0.39 is 11.7 Å². The normalized spacial score (nSPS) is 15.6. The number of unbranched alkanes of at least 4 members (excludes halogenated alkanes) is 1. The maximum atomic E-state index is 13.1. The fraction of sp³-hybridized carbons (Fsp3) is 0.600. The maximum Gasteiger partial charge on any atom is 0.417 e.